The van der Waals surface area contributed by atoms with Crippen LogP contribution in [0.15, 0.2) is 18.2 Å². The topological polar surface area (TPSA) is 69.6 Å². The van der Waals surface area contributed by atoms with Crippen LogP contribution in [0.3, 0.4) is 0 Å². The summed E-state index contributed by atoms with van der Waals surface area (Å²) in [6.45, 7) is 3.52. The average Bonchev–Trinajstić information content (AvgIpc) is 2.49. The van der Waals surface area contributed by atoms with Crippen molar-refractivity contribution >= 4 is 41.1 Å². The van der Waals surface area contributed by atoms with E-state index in [1.165, 1.54) is 12.1 Å². The first-order valence-corrected chi connectivity index (χ1v) is 8.14. The number of hydrogen-bond donors (Lipinski definition) is 2. The molecule has 0 aliphatic carbocycles. The monoisotopic (exact) mass is 328 g/mol. The quantitative estimate of drug-likeness (QED) is 0.892. The summed E-state index contributed by atoms with van der Waals surface area (Å²) in [6, 6.07) is 4.25. The van der Waals surface area contributed by atoms with Crippen LogP contribution in [0.25, 0.3) is 0 Å². The third kappa shape index (κ3) is 4.04. The lowest BCUT2D eigenvalue weighted by Gasteiger charge is -2.31. The molecule has 0 bridgehead atoms. The fraction of sp³-hybridized carbons (Fsp3) is 0.429. The number of hydrogen-bond acceptors (Lipinski definition) is 3. The molecule has 1 aliphatic heterocycles. The van der Waals surface area contributed by atoms with Crippen LogP contribution in [0.1, 0.15) is 23.7 Å². The van der Waals surface area contributed by atoms with E-state index in [0.29, 0.717) is 24.0 Å². The summed E-state index contributed by atoms with van der Waals surface area (Å²) < 4.78 is 0. The molecule has 0 spiro atoms. The number of nitrogens with zero attached hydrogens (tertiary/aromatic N) is 1. The van der Waals surface area contributed by atoms with Crippen LogP contribution >= 0.6 is 23.4 Å². The molecule has 1 aromatic carbocycles. The van der Waals surface area contributed by atoms with E-state index in [9.17, 15) is 9.59 Å². The number of benzene rings is 1. The maximum absolute atomic E-state index is 12.2. The number of thioether (sulfide) groups is 1. The van der Waals surface area contributed by atoms with Gasteiger partial charge < -0.3 is 15.3 Å². The SMILES string of the molecule is CCC1CN(C(=O)Nc2ccc(Cl)c(C(=O)O)c2)CCS1. The Morgan fingerprint density at radius 1 is 1.52 bits per heavy atom. The minimum atomic E-state index is -1.11. The van der Waals surface area contributed by atoms with E-state index >= 15 is 0 Å². The molecule has 1 fully saturated rings. The summed E-state index contributed by atoms with van der Waals surface area (Å²) in [6.07, 6.45) is 1.03. The van der Waals surface area contributed by atoms with E-state index in [2.05, 4.69) is 12.2 Å². The molecule has 1 aromatic rings. The van der Waals surface area contributed by atoms with Gasteiger partial charge in [0.1, 0.15) is 0 Å². The first kappa shape index (κ1) is 16.0. The predicted molar refractivity (Wildman–Crippen MR) is 85.5 cm³/mol. The lowest BCUT2D eigenvalue weighted by Crippen LogP contribution is -2.43. The van der Waals surface area contributed by atoms with Crippen LogP contribution in [-0.2, 0) is 0 Å². The van der Waals surface area contributed by atoms with Gasteiger partial charge in [0, 0.05) is 29.8 Å². The number of carbonyl (C=O) groups excluding carboxylic acids is 1. The number of carbonyl (C=O) groups is 2. The second kappa shape index (κ2) is 7.04. The largest absolute Gasteiger partial charge is 0.478 e. The Morgan fingerprint density at radius 2 is 2.29 bits per heavy atom. The molecule has 1 unspecified atom stereocenters. The van der Waals surface area contributed by atoms with Crippen LogP contribution in [-0.4, -0.2) is 46.1 Å². The first-order chi connectivity index (χ1) is 10.0. The molecule has 0 saturated carbocycles. The molecule has 1 aliphatic rings. The summed E-state index contributed by atoms with van der Waals surface area (Å²) in [7, 11) is 0. The molecule has 0 aromatic heterocycles. The molecule has 5 nitrogen and oxygen atoms in total. The Hall–Kier alpha value is -1.40. The van der Waals surface area contributed by atoms with E-state index < -0.39 is 5.97 Å². The Balaban J connectivity index is 2.05. The molecule has 1 heterocycles. The first-order valence-electron chi connectivity index (χ1n) is 6.71. The number of rotatable bonds is 3. The van der Waals surface area contributed by atoms with Crippen molar-refractivity contribution in [3.8, 4) is 0 Å². The maximum Gasteiger partial charge on any atom is 0.337 e. The minimum Gasteiger partial charge on any atom is -0.478 e. The molecular weight excluding hydrogens is 312 g/mol. The third-order valence-corrected chi connectivity index (χ3v) is 5.03. The predicted octanol–water partition coefficient (Wildman–Crippen LogP) is 3.40. The summed E-state index contributed by atoms with van der Waals surface area (Å²) in [5.41, 5.74) is 0.420. The van der Waals surface area contributed by atoms with Crippen molar-refractivity contribution in [2.75, 3.05) is 24.2 Å². The van der Waals surface area contributed by atoms with Crippen molar-refractivity contribution in [2.45, 2.75) is 18.6 Å². The van der Waals surface area contributed by atoms with Crippen molar-refractivity contribution in [3.05, 3.63) is 28.8 Å². The molecule has 114 valence electrons. The number of halogens is 1. The van der Waals surface area contributed by atoms with Gasteiger partial charge in [-0.2, -0.15) is 11.8 Å². The van der Waals surface area contributed by atoms with Gasteiger partial charge in [-0.15, -0.1) is 0 Å². The van der Waals surface area contributed by atoms with Crippen LogP contribution in [0.5, 0.6) is 0 Å². The zero-order chi connectivity index (χ0) is 15.4. The molecule has 7 heteroatoms. The van der Waals surface area contributed by atoms with Crippen molar-refractivity contribution in [2.24, 2.45) is 0 Å². The summed E-state index contributed by atoms with van der Waals surface area (Å²) in [5, 5.41) is 12.4. The molecule has 1 atom stereocenters. The number of aromatic carboxylic acids is 1. The number of carboxylic acid groups (broad SMARTS) is 1. The summed E-state index contributed by atoms with van der Waals surface area (Å²) in [5.74, 6) is -0.191. The lowest BCUT2D eigenvalue weighted by molar-refractivity contribution is 0.0697. The molecule has 21 heavy (non-hydrogen) atoms. The zero-order valence-corrected chi connectivity index (χ0v) is 13.2. The second-order valence-electron chi connectivity index (χ2n) is 4.78. The molecule has 0 radical (unpaired) electrons. The van der Waals surface area contributed by atoms with Gasteiger partial charge in [0.15, 0.2) is 0 Å². The number of urea groups is 1. The van der Waals surface area contributed by atoms with E-state index in [1.54, 1.807) is 11.0 Å². The van der Waals surface area contributed by atoms with Crippen molar-refractivity contribution in [3.63, 3.8) is 0 Å². The number of amides is 2. The highest BCUT2D eigenvalue weighted by atomic mass is 35.5. The number of anilines is 1. The van der Waals surface area contributed by atoms with Crippen molar-refractivity contribution < 1.29 is 14.7 Å². The van der Waals surface area contributed by atoms with E-state index in [-0.39, 0.29) is 16.6 Å². The molecule has 2 amide bonds. The Labute approximate surface area is 132 Å². The highest BCUT2D eigenvalue weighted by Crippen LogP contribution is 2.23. The fourth-order valence-electron chi connectivity index (χ4n) is 2.12. The zero-order valence-electron chi connectivity index (χ0n) is 11.6. The highest BCUT2D eigenvalue weighted by Gasteiger charge is 2.23. The molecule has 2 N–H and O–H groups in total. The lowest BCUT2D eigenvalue weighted by atomic mass is 10.2. The number of carboxylic acids is 1. The Bertz CT molecular complexity index is 553. The van der Waals surface area contributed by atoms with E-state index in [4.69, 9.17) is 16.7 Å². The average molecular weight is 329 g/mol. The van der Waals surface area contributed by atoms with Gasteiger partial charge in [0.05, 0.1) is 10.6 Å². The van der Waals surface area contributed by atoms with E-state index in [1.807, 2.05) is 11.8 Å². The Morgan fingerprint density at radius 3 is 2.95 bits per heavy atom. The van der Waals surface area contributed by atoms with Crippen LogP contribution in [0.4, 0.5) is 10.5 Å². The number of nitrogens with one attached hydrogen (secondary N) is 1. The van der Waals surface area contributed by atoms with Crippen LogP contribution < -0.4 is 5.32 Å². The van der Waals surface area contributed by atoms with Gasteiger partial charge in [-0.1, -0.05) is 18.5 Å². The van der Waals surface area contributed by atoms with Crippen molar-refractivity contribution in [1.82, 2.24) is 4.90 Å². The fourth-order valence-corrected chi connectivity index (χ4v) is 3.50. The van der Waals surface area contributed by atoms with Gasteiger partial charge in [-0.3, -0.25) is 0 Å². The standard InChI is InChI=1S/C14H17ClN2O3S/c1-2-10-8-17(5-6-21-10)14(20)16-9-3-4-12(15)11(7-9)13(18)19/h3-4,7,10H,2,5-6,8H2,1H3,(H,16,20)(H,18,19). The van der Waals surface area contributed by atoms with Gasteiger partial charge in [0.25, 0.3) is 0 Å². The smallest absolute Gasteiger partial charge is 0.337 e. The minimum absolute atomic E-state index is 0.0184. The van der Waals surface area contributed by atoms with Crippen LogP contribution in [0, 0.1) is 0 Å². The molecular formula is C14H17ClN2O3S. The van der Waals surface area contributed by atoms with Gasteiger partial charge in [-0.25, -0.2) is 9.59 Å². The van der Waals surface area contributed by atoms with Crippen LogP contribution in [0.2, 0.25) is 5.02 Å². The molecule has 1 saturated heterocycles. The maximum atomic E-state index is 12.2. The van der Waals surface area contributed by atoms with E-state index in [0.717, 1.165) is 12.2 Å². The van der Waals surface area contributed by atoms with Crippen molar-refractivity contribution in [1.29, 1.82) is 0 Å². The molecule has 2 rings (SSSR count). The Kier molecular flexibility index (Phi) is 5.36. The third-order valence-electron chi connectivity index (χ3n) is 3.33. The highest BCUT2D eigenvalue weighted by molar-refractivity contribution is 8.00. The normalized spacial score (nSPS) is 18.4. The summed E-state index contributed by atoms with van der Waals surface area (Å²) >= 11 is 7.69. The summed E-state index contributed by atoms with van der Waals surface area (Å²) in [4.78, 5) is 25.0. The van der Waals surface area contributed by atoms with Gasteiger partial charge in [-0.05, 0) is 24.6 Å². The van der Waals surface area contributed by atoms with Gasteiger partial charge >= 0.3 is 12.0 Å². The second-order valence-corrected chi connectivity index (χ2v) is 6.59. The van der Waals surface area contributed by atoms with Gasteiger partial charge in [0.2, 0.25) is 0 Å².